The summed E-state index contributed by atoms with van der Waals surface area (Å²) in [5.41, 5.74) is -0.189. The van der Waals surface area contributed by atoms with Crippen LogP contribution in [0.3, 0.4) is 0 Å². The number of hydrogen-bond acceptors (Lipinski definition) is 4. The summed E-state index contributed by atoms with van der Waals surface area (Å²) in [5.74, 6) is -0.733. The normalized spacial score (nSPS) is 18.4. The number of aliphatic hydroxyl groups excluding tert-OH is 1. The first-order valence-electron chi connectivity index (χ1n) is 5.85. The number of aliphatic carboxylic acids is 1. The first-order chi connectivity index (χ1) is 7.60. The summed E-state index contributed by atoms with van der Waals surface area (Å²) in [6.07, 6.45) is 3.05. The topological polar surface area (TPSA) is 72.8 Å². The van der Waals surface area contributed by atoms with Gasteiger partial charge in [0.1, 0.15) is 0 Å². The highest BCUT2D eigenvalue weighted by Gasteiger charge is 2.42. The molecule has 1 aliphatic rings. The van der Waals surface area contributed by atoms with Gasteiger partial charge in [-0.1, -0.05) is 0 Å². The molecule has 1 rings (SSSR count). The Labute approximate surface area is 96.4 Å². The summed E-state index contributed by atoms with van der Waals surface area (Å²) < 4.78 is 0. The molecule has 1 heterocycles. The van der Waals surface area contributed by atoms with Gasteiger partial charge in [0.05, 0.1) is 12.0 Å². The van der Waals surface area contributed by atoms with Gasteiger partial charge in [-0.05, 0) is 32.9 Å². The Bertz CT molecular complexity index is 229. The van der Waals surface area contributed by atoms with Crippen LogP contribution in [-0.2, 0) is 4.79 Å². The van der Waals surface area contributed by atoms with E-state index in [4.69, 9.17) is 10.2 Å². The number of unbranched alkanes of at least 4 members (excludes halogenated alkanes) is 2. The summed E-state index contributed by atoms with van der Waals surface area (Å²) in [7, 11) is 1.99. The smallest absolute Gasteiger partial charge is 0.305 e. The number of carboxylic acid groups (broad SMARTS) is 1. The minimum Gasteiger partial charge on any atom is -0.481 e. The molecule has 16 heavy (non-hydrogen) atoms. The maximum absolute atomic E-state index is 10.8. The van der Waals surface area contributed by atoms with E-state index in [0.717, 1.165) is 38.9 Å². The lowest BCUT2D eigenvalue weighted by Gasteiger charge is -2.48. The third kappa shape index (κ3) is 3.43. The highest BCUT2D eigenvalue weighted by atomic mass is 16.4. The van der Waals surface area contributed by atoms with E-state index in [9.17, 15) is 4.79 Å². The molecule has 0 saturated carbocycles. The van der Waals surface area contributed by atoms with Crippen molar-refractivity contribution in [2.75, 3.05) is 33.3 Å². The van der Waals surface area contributed by atoms with Crippen molar-refractivity contribution in [3.63, 3.8) is 0 Å². The fourth-order valence-corrected chi connectivity index (χ4v) is 2.10. The van der Waals surface area contributed by atoms with E-state index in [2.05, 4.69) is 10.2 Å². The van der Waals surface area contributed by atoms with Crippen LogP contribution >= 0.6 is 0 Å². The van der Waals surface area contributed by atoms with Gasteiger partial charge in [-0.2, -0.15) is 0 Å². The van der Waals surface area contributed by atoms with Crippen LogP contribution in [0, 0.1) is 0 Å². The standard InChI is InChI=1S/C11H22N2O3/c1-13(5-3-2-4-6-14)11(7-10(15)16)8-12-9-11/h12,14H,2-9H2,1H3,(H,15,16). The summed E-state index contributed by atoms with van der Waals surface area (Å²) in [4.78, 5) is 12.9. The average molecular weight is 230 g/mol. The van der Waals surface area contributed by atoms with Crippen LogP contribution in [-0.4, -0.2) is 59.9 Å². The van der Waals surface area contributed by atoms with E-state index in [1.165, 1.54) is 0 Å². The molecule has 0 unspecified atom stereocenters. The highest BCUT2D eigenvalue weighted by Crippen LogP contribution is 2.23. The third-order valence-corrected chi connectivity index (χ3v) is 3.35. The molecule has 1 fully saturated rings. The van der Waals surface area contributed by atoms with Gasteiger partial charge in [0.15, 0.2) is 0 Å². The van der Waals surface area contributed by atoms with Gasteiger partial charge < -0.3 is 15.5 Å². The molecular weight excluding hydrogens is 208 g/mol. The minimum absolute atomic E-state index is 0.189. The number of carboxylic acids is 1. The number of nitrogens with zero attached hydrogens (tertiary/aromatic N) is 1. The summed E-state index contributed by atoms with van der Waals surface area (Å²) in [6.45, 7) is 2.66. The van der Waals surface area contributed by atoms with Crippen LogP contribution in [0.5, 0.6) is 0 Å². The number of rotatable bonds is 8. The Balaban J connectivity index is 2.31. The van der Waals surface area contributed by atoms with E-state index in [1.807, 2.05) is 7.05 Å². The largest absolute Gasteiger partial charge is 0.481 e. The molecule has 5 heteroatoms. The predicted molar refractivity (Wildman–Crippen MR) is 61.4 cm³/mol. The van der Waals surface area contributed by atoms with E-state index in [-0.39, 0.29) is 18.6 Å². The fourth-order valence-electron chi connectivity index (χ4n) is 2.10. The van der Waals surface area contributed by atoms with Crippen molar-refractivity contribution >= 4 is 5.97 Å². The lowest BCUT2D eigenvalue weighted by Crippen LogP contribution is -2.68. The molecule has 0 aromatic carbocycles. The molecule has 1 aliphatic heterocycles. The molecule has 0 atom stereocenters. The average Bonchev–Trinajstić information content (AvgIpc) is 2.17. The Morgan fingerprint density at radius 1 is 1.38 bits per heavy atom. The second-order valence-electron chi connectivity index (χ2n) is 4.60. The summed E-state index contributed by atoms with van der Waals surface area (Å²) >= 11 is 0. The van der Waals surface area contributed by atoms with E-state index in [1.54, 1.807) is 0 Å². The predicted octanol–water partition coefficient (Wildman–Crippen LogP) is -0.102. The first kappa shape index (κ1) is 13.4. The maximum atomic E-state index is 10.8. The zero-order valence-electron chi connectivity index (χ0n) is 9.91. The van der Waals surface area contributed by atoms with Crippen molar-refractivity contribution in [1.29, 1.82) is 0 Å². The third-order valence-electron chi connectivity index (χ3n) is 3.35. The van der Waals surface area contributed by atoms with Crippen molar-refractivity contribution in [2.45, 2.75) is 31.2 Å². The summed E-state index contributed by atoms with van der Waals surface area (Å²) in [6, 6.07) is 0. The van der Waals surface area contributed by atoms with Crippen LogP contribution in [0.1, 0.15) is 25.7 Å². The van der Waals surface area contributed by atoms with Crippen molar-refractivity contribution in [2.24, 2.45) is 0 Å². The van der Waals surface area contributed by atoms with E-state index >= 15 is 0 Å². The molecule has 94 valence electrons. The zero-order chi connectivity index (χ0) is 12.0. The molecular formula is C11H22N2O3. The quantitative estimate of drug-likeness (QED) is 0.508. The lowest BCUT2D eigenvalue weighted by molar-refractivity contribution is -0.141. The number of aliphatic hydroxyl groups is 1. The molecule has 0 bridgehead atoms. The van der Waals surface area contributed by atoms with Crippen molar-refractivity contribution in [3.05, 3.63) is 0 Å². The Morgan fingerprint density at radius 3 is 2.50 bits per heavy atom. The van der Waals surface area contributed by atoms with Crippen LogP contribution in [0.25, 0.3) is 0 Å². The molecule has 0 aliphatic carbocycles. The van der Waals surface area contributed by atoms with Gasteiger partial charge in [0.25, 0.3) is 0 Å². The van der Waals surface area contributed by atoms with Crippen molar-refractivity contribution in [1.82, 2.24) is 10.2 Å². The molecule has 0 aromatic rings. The molecule has 5 nitrogen and oxygen atoms in total. The van der Waals surface area contributed by atoms with Gasteiger partial charge in [-0.3, -0.25) is 9.69 Å². The van der Waals surface area contributed by atoms with Gasteiger partial charge in [-0.15, -0.1) is 0 Å². The van der Waals surface area contributed by atoms with Gasteiger partial charge in [0.2, 0.25) is 0 Å². The second-order valence-corrected chi connectivity index (χ2v) is 4.60. The Morgan fingerprint density at radius 2 is 2.06 bits per heavy atom. The van der Waals surface area contributed by atoms with Gasteiger partial charge >= 0.3 is 5.97 Å². The molecule has 0 spiro atoms. The van der Waals surface area contributed by atoms with Gasteiger partial charge in [0, 0.05) is 19.7 Å². The number of likely N-dealkylation sites (N-methyl/N-ethyl adjacent to an activating group) is 1. The molecule has 1 saturated heterocycles. The van der Waals surface area contributed by atoms with E-state index < -0.39 is 5.97 Å². The highest BCUT2D eigenvalue weighted by molar-refractivity contribution is 5.68. The van der Waals surface area contributed by atoms with Crippen LogP contribution in [0.15, 0.2) is 0 Å². The lowest BCUT2D eigenvalue weighted by atomic mass is 9.86. The minimum atomic E-state index is -0.733. The zero-order valence-corrected chi connectivity index (χ0v) is 9.91. The monoisotopic (exact) mass is 230 g/mol. The molecule has 3 N–H and O–H groups in total. The maximum Gasteiger partial charge on any atom is 0.305 e. The summed E-state index contributed by atoms with van der Waals surface area (Å²) in [5, 5.41) is 20.7. The number of carbonyl (C=O) groups is 1. The number of hydrogen-bond donors (Lipinski definition) is 3. The van der Waals surface area contributed by atoms with Crippen molar-refractivity contribution < 1.29 is 15.0 Å². The Hall–Kier alpha value is -0.650. The molecule has 0 amide bonds. The molecule has 0 aromatic heterocycles. The second kappa shape index (κ2) is 6.18. The molecule has 0 radical (unpaired) electrons. The van der Waals surface area contributed by atoms with Crippen LogP contribution in [0.2, 0.25) is 0 Å². The van der Waals surface area contributed by atoms with Crippen LogP contribution < -0.4 is 5.32 Å². The van der Waals surface area contributed by atoms with Gasteiger partial charge in [-0.25, -0.2) is 0 Å². The number of nitrogens with one attached hydrogen (secondary N) is 1. The van der Waals surface area contributed by atoms with Crippen molar-refractivity contribution in [3.8, 4) is 0 Å². The van der Waals surface area contributed by atoms with Crippen LogP contribution in [0.4, 0.5) is 0 Å². The first-order valence-corrected chi connectivity index (χ1v) is 5.85. The fraction of sp³-hybridized carbons (Fsp3) is 0.909. The van der Waals surface area contributed by atoms with E-state index in [0.29, 0.717) is 0 Å². The Kier molecular flexibility index (Phi) is 5.18. The SMILES string of the molecule is CN(CCCCCO)C1(CC(=O)O)CNC1.